The second-order valence-electron chi connectivity index (χ2n) is 4.10. The number of anilines is 1. The quantitative estimate of drug-likeness (QED) is 0.903. The van der Waals surface area contributed by atoms with Crippen LogP contribution < -0.4 is 5.32 Å². The molecule has 0 aliphatic heterocycles. The number of aromatic carboxylic acids is 1. The zero-order valence-electron chi connectivity index (χ0n) is 10.4. The Labute approximate surface area is 114 Å². The van der Waals surface area contributed by atoms with Crippen LogP contribution in [0.25, 0.3) is 0 Å². The molecule has 1 aromatic heterocycles. The minimum atomic E-state index is -1.09. The van der Waals surface area contributed by atoms with E-state index in [2.05, 4.69) is 9.69 Å². The van der Waals surface area contributed by atoms with Gasteiger partial charge >= 0.3 is 5.97 Å². The topological polar surface area (TPSA) is 79.3 Å². The molecule has 1 heterocycles. The average molecular weight is 276 g/mol. The van der Waals surface area contributed by atoms with Gasteiger partial charge in [-0.1, -0.05) is 17.7 Å². The zero-order chi connectivity index (χ0) is 14.0. The van der Waals surface area contributed by atoms with Crippen LogP contribution in [0.3, 0.4) is 0 Å². The number of benzene rings is 1. The zero-order valence-corrected chi connectivity index (χ0v) is 11.2. The van der Waals surface area contributed by atoms with Gasteiger partial charge in [0.15, 0.2) is 0 Å². The molecule has 2 rings (SSSR count). The monoisotopic (exact) mass is 276 g/mol. The van der Waals surface area contributed by atoms with Gasteiger partial charge in [0.25, 0.3) is 5.91 Å². The van der Waals surface area contributed by atoms with Crippen LogP contribution in [-0.2, 0) is 0 Å². The van der Waals surface area contributed by atoms with Gasteiger partial charge in [0.1, 0.15) is 10.6 Å². The summed E-state index contributed by atoms with van der Waals surface area (Å²) in [7, 11) is 0. The van der Waals surface area contributed by atoms with E-state index in [1.54, 1.807) is 19.1 Å². The Hall–Kier alpha value is -2.21. The fourth-order valence-electron chi connectivity index (χ4n) is 1.59. The molecule has 2 aromatic rings. The third-order valence-electron chi connectivity index (χ3n) is 2.62. The van der Waals surface area contributed by atoms with Crippen LogP contribution in [0.4, 0.5) is 5.00 Å². The highest BCUT2D eigenvalue weighted by Gasteiger charge is 2.19. The largest absolute Gasteiger partial charge is 0.478 e. The van der Waals surface area contributed by atoms with Gasteiger partial charge in [-0.25, -0.2) is 4.79 Å². The molecule has 0 aliphatic rings. The molecular weight excluding hydrogens is 264 g/mol. The summed E-state index contributed by atoms with van der Waals surface area (Å²) in [5, 5.41) is 11.9. The van der Waals surface area contributed by atoms with Crippen molar-refractivity contribution in [1.82, 2.24) is 4.37 Å². The normalized spacial score (nSPS) is 10.2. The second kappa shape index (κ2) is 5.19. The fourth-order valence-corrected chi connectivity index (χ4v) is 2.37. The number of nitrogens with one attached hydrogen (secondary N) is 1. The molecular formula is C13H12N2O3S. The molecule has 0 fully saturated rings. The lowest BCUT2D eigenvalue weighted by Gasteiger charge is -2.04. The maximum atomic E-state index is 12.0. The van der Waals surface area contributed by atoms with E-state index < -0.39 is 5.97 Å². The number of amides is 1. The summed E-state index contributed by atoms with van der Waals surface area (Å²) >= 11 is 0.968. The lowest BCUT2D eigenvalue weighted by Crippen LogP contribution is -2.13. The molecule has 1 aromatic carbocycles. The van der Waals surface area contributed by atoms with Gasteiger partial charge in [-0.2, -0.15) is 4.37 Å². The Balaban J connectivity index is 2.24. The van der Waals surface area contributed by atoms with Crippen molar-refractivity contribution in [2.24, 2.45) is 0 Å². The number of rotatable bonds is 3. The SMILES string of the molecule is Cc1ccc(C(=O)Nc2snc(C)c2C(=O)O)cc1. The van der Waals surface area contributed by atoms with E-state index in [9.17, 15) is 9.59 Å². The number of nitrogens with zero attached hydrogens (tertiary/aromatic N) is 1. The minimum Gasteiger partial charge on any atom is -0.478 e. The van der Waals surface area contributed by atoms with Crippen LogP contribution in [0.5, 0.6) is 0 Å². The van der Waals surface area contributed by atoms with Crippen molar-refractivity contribution in [3.05, 3.63) is 46.6 Å². The van der Waals surface area contributed by atoms with Gasteiger partial charge < -0.3 is 10.4 Å². The Morgan fingerprint density at radius 3 is 2.42 bits per heavy atom. The molecule has 19 heavy (non-hydrogen) atoms. The Bertz CT molecular complexity index is 632. The third kappa shape index (κ3) is 2.79. The first kappa shape index (κ1) is 13.2. The predicted octanol–water partition coefficient (Wildman–Crippen LogP) is 2.71. The molecule has 0 atom stereocenters. The number of hydrogen-bond acceptors (Lipinski definition) is 4. The van der Waals surface area contributed by atoms with Crippen molar-refractivity contribution in [2.45, 2.75) is 13.8 Å². The van der Waals surface area contributed by atoms with Gasteiger partial charge in [0.2, 0.25) is 0 Å². The van der Waals surface area contributed by atoms with Crippen LogP contribution in [0.2, 0.25) is 0 Å². The molecule has 2 N–H and O–H groups in total. The third-order valence-corrected chi connectivity index (χ3v) is 3.47. The molecule has 6 heteroatoms. The average Bonchev–Trinajstić information content (AvgIpc) is 2.71. The molecule has 1 amide bonds. The highest BCUT2D eigenvalue weighted by Crippen LogP contribution is 2.25. The van der Waals surface area contributed by atoms with Gasteiger partial charge in [-0.05, 0) is 37.5 Å². The lowest BCUT2D eigenvalue weighted by molar-refractivity contribution is 0.0697. The molecule has 0 aliphatic carbocycles. The summed E-state index contributed by atoms with van der Waals surface area (Å²) < 4.78 is 3.94. The van der Waals surface area contributed by atoms with Gasteiger partial charge in [-0.15, -0.1) is 0 Å². The van der Waals surface area contributed by atoms with Crippen molar-refractivity contribution in [3.63, 3.8) is 0 Å². The number of carboxylic acids is 1. The van der Waals surface area contributed by atoms with E-state index in [-0.39, 0.29) is 16.5 Å². The molecule has 98 valence electrons. The highest BCUT2D eigenvalue weighted by molar-refractivity contribution is 7.11. The minimum absolute atomic E-state index is 0.0467. The number of carbonyl (C=O) groups excluding carboxylic acids is 1. The smallest absolute Gasteiger partial charge is 0.340 e. The van der Waals surface area contributed by atoms with E-state index in [1.807, 2.05) is 19.1 Å². The maximum Gasteiger partial charge on any atom is 0.340 e. The van der Waals surface area contributed by atoms with E-state index in [4.69, 9.17) is 5.11 Å². The van der Waals surface area contributed by atoms with Gasteiger partial charge in [-0.3, -0.25) is 4.79 Å². The Morgan fingerprint density at radius 2 is 1.84 bits per heavy atom. The standard InChI is InChI=1S/C13H12N2O3S/c1-7-3-5-9(6-4-7)11(16)14-12-10(13(17)18)8(2)15-19-12/h3-6H,1-2H3,(H,14,16)(H,17,18). The number of hydrogen-bond donors (Lipinski definition) is 2. The number of carbonyl (C=O) groups is 2. The van der Waals surface area contributed by atoms with Crippen LogP contribution >= 0.6 is 11.5 Å². The fraction of sp³-hybridized carbons (Fsp3) is 0.154. The maximum absolute atomic E-state index is 12.0. The van der Waals surface area contributed by atoms with Crippen molar-refractivity contribution < 1.29 is 14.7 Å². The van der Waals surface area contributed by atoms with Crippen LogP contribution in [0.1, 0.15) is 32.0 Å². The molecule has 0 saturated carbocycles. The summed E-state index contributed by atoms with van der Waals surface area (Å²) in [4.78, 5) is 23.1. The second-order valence-corrected chi connectivity index (χ2v) is 4.87. The predicted molar refractivity (Wildman–Crippen MR) is 72.9 cm³/mol. The first-order valence-electron chi connectivity index (χ1n) is 5.56. The van der Waals surface area contributed by atoms with Gasteiger partial charge in [0, 0.05) is 5.56 Å². The first-order chi connectivity index (χ1) is 8.99. The van der Waals surface area contributed by atoms with Crippen LogP contribution in [0.15, 0.2) is 24.3 Å². The Kier molecular flexibility index (Phi) is 3.62. The van der Waals surface area contributed by atoms with Crippen molar-refractivity contribution >= 4 is 28.4 Å². The van der Waals surface area contributed by atoms with Crippen LogP contribution in [-0.4, -0.2) is 21.4 Å². The van der Waals surface area contributed by atoms with E-state index >= 15 is 0 Å². The first-order valence-corrected chi connectivity index (χ1v) is 6.34. The molecule has 0 radical (unpaired) electrons. The molecule has 0 saturated heterocycles. The van der Waals surface area contributed by atoms with E-state index in [0.717, 1.165) is 17.1 Å². The van der Waals surface area contributed by atoms with E-state index in [1.165, 1.54) is 0 Å². The number of carboxylic acid groups (broad SMARTS) is 1. The van der Waals surface area contributed by atoms with Crippen LogP contribution in [0, 0.1) is 13.8 Å². The molecule has 0 spiro atoms. The summed E-state index contributed by atoms with van der Waals surface area (Å²) in [6.07, 6.45) is 0. The summed E-state index contributed by atoms with van der Waals surface area (Å²) in [6.45, 7) is 3.53. The van der Waals surface area contributed by atoms with Crippen molar-refractivity contribution in [2.75, 3.05) is 5.32 Å². The lowest BCUT2D eigenvalue weighted by atomic mass is 10.1. The molecule has 5 nitrogen and oxygen atoms in total. The summed E-state index contributed by atoms with van der Waals surface area (Å²) in [5.41, 5.74) is 1.98. The molecule has 0 unspecified atom stereocenters. The molecule has 0 bridgehead atoms. The van der Waals surface area contributed by atoms with Crippen molar-refractivity contribution in [3.8, 4) is 0 Å². The summed E-state index contributed by atoms with van der Waals surface area (Å²) in [5.74, 6) is -1.43. The van der Waals surface area contributed by atoms with E-state index in [0.29, 0.717) is 11.3 Å². The summed E-state index contributed by atoms with van der Waals surface area (Å²) in [6, 6.07) is 7.04. The number of aromatic nitrogens is 1. The number of aryl methyl sites for hydroxylation is 2. The highest BCUT2D eigenvalue weighted by atomic mass is 32.1. The van der Waals surface area contributed by atoms with Crippen molar-refractivity contribution in [1.29, 1.82) is 0 Å². The Morgan fingerprint density at radius 1 is 1.21 bits per heavy atom. The van der Waals surface area contributed by atoms with Gasteiger partial charge in [0.05, 0.1) is 5.69 Å².